The van der Waals surface area contributed by atoms with Crippen molar-refractivity contribution in [2.45, 2.75) is 39.0 Å². The van der Waals surface area contributed by atoms with Crippen LogP contribution in [-0.2, 0) is 17.6 Å². The summed E-state index contributed by atoms with van der Waals surface area (Å²) in [6.07, 6.45) is 4.03. The summed E-state index contributed by atoms with van der Waals surface area (Å²) in [6, 6.07) is 15.8. The Morgan fingerprint density at radius 2 is 1.84 bits per heavy atom. The first-order chi connectivity index (χ1) is 12.2. The fraction of sp³-hybridized carbons (Fsp3) is 0.381. The van der Waals surface area contributed by atoms with E-state index in [1.807, 2.05) is 42.5 Å². The molecule has 1 amide bonds. The van der Waals surface area contributed by atoms with Gasteiger partial charge < -0.3 is 10.1 Å². The van der Waals surface area contributed by atoms with Gasteiger partial charge >= 0.3 is 0 Å². The molecular formula is C21H26ClNO2. The smallest absolute Gasteiger partial charge is 0.220 e. The highest BCUT2D eigenvalue weighted by atomic mass is 35.5. The van der Waals surface area contributed by atoms with Gasteiger partial charge in [-0.3, -0.25) is 4.79 Å². The molecule has 0 aliphatic rings. The summed E-state index contributed by atoms with van der Waals surface area (Å²) in [5, 5.41) is 3.71. The topological polar surface area (TPSA) is 38.3 Å². The van der Waals surface area contributed by atoms with Crippen molar-refractivity contribution in [1.82, 2.24) is 5.32 Å². The molecule has 0 radical (unpaired) electrons. The first-order valence-corrected chi connectivity index (χ1v) is 9.28. The van der Waals surface area contributed by atoms with Crippen molar-refractivity contribution in [2.24, 2.45) is 0 Å². The number of amides is 1. The van der Waals surface area contributed by atoms with Gasteiger partial charge in [0, 0.05) is 18.0 Å². The molecule has 0 heterocycles. The Bertz CT molecular complexity index is 655. The Hall–Kier alpha value is -2.00. The standard InChI is InChI=1S/C21H26ClNO2/c1-2-16-25-20-8-4-3-6-18(20)7-5-15-23-21(24)14-11-17-9-12-19(22)13-10-17/h3-4,6,8-10,12-13H,2,5,7,11,14-16H2,1H3,(H,23,24). The third kappa shape index (κ3) is 7.18. The van der Waals surface area contributed by atoms with E-state index in [2.05, 4.69) is 18.3 Å². The van der Waals surface area contributed by atoms with E-state index in [1.54, 1.807) is 0 Å². The maximum atomic E-state index is 11.9. The van der Waals surface area contributed by atoms with E-state index in [4.69, 9.17) is 16.3 Å². The number of rotatable bonds is 10. The molecule has 0 atom stereocenters. The van der Waals surface area contributed by atoms with Crippen molar-refractivity contribution >= 4 is 17.5 Å². The van der Waals surface area contributed by atoms with Crippen molar-refractivity contribution < 1.29 is 9.53 Å². The highest BCUT2D eigenvalue weighted by molar-refractivity contribution is 6.30. The number of ether oxygens (including phenoxy) is 1. The molecule has 2 aromatic carbocycles. The van der Waals surface area contributed by atoms with E-state index < -0.39 is 0 Å². The van der Waals surface area contributed by atoms with Crippen LogP contribution in [0.4, 0.5) is 0 Å². The Morgan fingerprint density at radius 1 is 1.08 bits per heavy atom. The van der Waals surface area contributed by atoms with E-state index in [-0.39, 0.29) is 5.91 Å². The maximum absolute atomic E-state index is 11.9. The molecule has 0 saturated carbocycles. The van der Waals surface area contributed by atoms with E-state index in [9.17, 15) is 4.79 Å². The zero-order valence-electron chi connectivity index (χ0n) is 14.8. The summed E-state index contributed by atoms with van der Waals surface area (Å²) in [4.78, 5) is 11.9. The van der Waals surface area contributed by atoms with Gasteiger partial charge in [0.05, 0.1) is 6.61 Å². The predicted molar refractivity (Wildman–Crippen MR) is 103 cm³/mol. The monoisotopic (exact) mass is 359 g/mol. The number of carbonyl (C=O) groups is 1. The highest BCUT2D eigenvalue weighted by Crippen LogP contribution is 2.19. The summed E-state index contributed by atoms with van der Waals surface area (Å²) in [6.45, 7) is 3.52. The fourth-order valence-corrected chi connectivity index (χ4v) is 2.69. The van der Waals surface area contributed by atoms with Crippen LogP contribution in [0.3, 0.4) is 0 Å². The molecule has 0 aromatic heterocycles. The normalized spacial score (nSPS) is 10.5. The summed E-state index contributed by atoms with van der Waals surface area (Å²) in [7, 11) is 0. The van der Waals surface area contributed by atoms with Crippen LogP contribution in [0.25, 0.3) is 0 Å². The van der Waals surface area contributed by atoms with Crippen molar-refractivity contribution in [1.29, 1.82) is 0 Å². The highest BCUT2D eigenvalue weighted by Gasteiger charge is 2.05. The summed E-state index contributed by atoms with van der Waals surface area (Å²) in [5.41, 5.74) is 2.33. The zero-order chi connectivity index (χ0) is 17.9. The SMILES string of the molecule is CCCOc1ccccc1CCCNC(=O)CCc1ccc(Cl)cc1. The van der Waals surface area contributed by atoms with Crippen molar-refractivity contribution in [2.75, 3.05) is 13.2 Å². The number of carbonyl (C=O) groups excluding carboxylic acids is 1. The molecule has 134 valence electrons. The van der Waals surface area contributed by atoms with Gasteiger partial charge in [0.1, 0.15) is 5.75 Å². The van der Waals surface area contributed by atoms with Crippen LogP contribution in [0.15, 0.2) is 48.5 Å². The molecule has 0 aliphatic heterocycles. The Morgan fingerprint density at radius 3 is 2.60 bits per heavy atom. The summed E-state index contributed by atoms with van der Waals surface area (Å²) >= 11 is 5.86. The van der Waals surface area contributed by atoms with Gasteiger partial charge in [-0.05, 0) is 55.0 Å². The lowest BCUT2D eigenvalue weighted by atomic mass is 10.1. The average Bonchev–Trinajstić information content (AvgIpc) is 2.64. The second-order valence-corrected chi connectivity index (χ2v) is 6.47. The summed E-state index contributed by atoms with van der Waals surface area (Å²) < 4.78 is 5.76. The number of benzene rings is 2. The van der Waals surface area contributed by atoms with Gasteiger partial charge in [0.25, 0.3) is 0 Å². The van der Waals surface area contributed by atoms with E-state index in [0.717, 1.165) is 48.6 Å². The van der Waals surface area contributed by atoms with Gasteiger partial charge in [-0.1, -0.05) is 48.9 Å². The van der Waals surface area contributed by atoms with Crippen molar-refractivity contribution in [3.05, 3.63) is 64.7 Å². The molecule has 2 rings (SSSR count). The van der Waals surface area contributed by atoms with Crippen LogP contribution in [0, 0.1) is 0 Å². The maximum Gasteiger partial charge on any atom is 0.220 e. The second kappa shape index (κ2) is 10.8. The van der Waals surface area contributed by atoms with Gasteiger partial charge in [0.15, 0.2) is 0 Å². The van der Waals surface area contributed by atoms with E-state index in [1.165, 1.54) is 5.56 Å². The van der Waals surface area contributed by atoms with Crippen molar-refractivity contribution in [3.8, 4) is 5.75 Å². The minimum Gasteiger partial charge on any atom is -0.493 e. The zero-order valence-corrected chi connectivity index (χ0v) is 15.5. The van der Waals surface area contributed by atoms with Crippen molar-refractivity contribution in [3.63, 3.8) is 0 Å². The number of aryl methyl sites for hydroxylation is 2. The van der Waals surface area contributed by atoms with Crippen LogP contribution >= 0.6 is 11.6 Å². The van der Waals surface area contributed by atoms with Gasteiger partial charge in [-0.15, -0.1) is 0 Å². The molecule has 0 saturated heterocycles. The molecule has 0 spiro atoms. The minimum absolute atomic E-state index is 0.0884. The van der Waals surface area contributed by atoms with Gasteiger partial charge in [-0.25, -0.2) is 0 Å². The fourth-order valence-electron chi connectivity index (χ4n) is 2.57. The molecule has 0 bridgehead atoms. The predicted octanol–water partition coefficient (Wildman–Crippen LogP) is 4.81. The Balaban J connectivity index is 1.67. The number of halogens is 1. The number of hydrogen-bond donors (Lipinski definition) is 1. The van der Waals surface area contributed by atoms with Crippen LogP contribution in [0.1, 0.15) is 37.3 Å². The first kappa shape index (κ1) is 19.3. The van der Waals surface area contributed by atoms with Crippen LogP contribution in [0.2, 0.25) is 5.02 Å². The third-order valence-electron chi connectivity index (χ3n) is 3.93. The lowest BCUT2D eigenvalue weighted by Crippen LogP contribution is -2.25. The second-order valence-electron chi connectivity index (χ2n) is 6.04. The molecule has 0 aliphatic carbocycles. The molecule has 1 N–H and O–H groups in total. The van der Waals surface area contributed by atoms with Crippen LogP contribution in [0.5, 0.6) is 5.75 Å². The first-order valence-electron chi connectivity index (χ1n) is 8.91. The molecule has 0 fully saturated rings. The number of nitrogens with one attached hydrogen (secondary N) is 1. The molecular weight excluding hydrogens is 334 g/mol. The van der Waals surface area contributed by atoms with Gasteiger partial charge in [-0.2, -0.15) is 0 Å². The van der Waals surface area contributed by atoms with Crippen LogP contribution in [-0.4, -0.2) is 19.1 Å². The quantitative estimate of drug-likeness (QED) is 0.618. The lowest BCUT2D eigenvalue weighted by molar-refractivity contribution is -0.121. The number of hydrogen-bond acceptors (Lipinski definition) is 2. The molecule has 2 aromatic rings. The molecule has 3 nitrogen and oxygen atoms in total. The number of para-hydroxylation sites is 1. The van der Waals surface area contributed by atoms with Gasteiger partial charge in [0.2, 0.25) is 5.91 Å². The van der Waals surface area contributed by atoms with Crippen LogP contribution < -0.4 is 10.1 Å². The summed E-state index contributed by atoms with van der Waals surface area (Å²) in [5.74, 6) is 1.05. The lowest BCUT2D eigenvalue weighted by Gasteiger charge is -2.11. The molecule has 25 heavy (non-hydrogen) atoms. The average molecular weight is 360 g/mol. The largest absolute Gasteiger partial charge is 0.493 e. The third-order valence-corrected chi connectivity index (χ3v) is 4.19. The Kier molecular flexibility index (Phi) is 8.33. The molecule has 4 heteroatoms. The van der Waals surface area contributed by atoms with E-state index >= 15 is 0 Å². The minimum atomic E-state index is 0.0884. The van der Waals surface area contributed by atoms with E-state index in [0.29, 0.717) is 13.0 Å². The molecule has 0 unspecified atom stereocenters. The Labute approximate surface area is 155 Å².